The minimum absolute atomic E-state index is 0. The quantitative estimate of drug-likeness (QED) is 0.802. The van der Waals surface area contributed by atoms with Gasteiger partial charge >= 0.3 is 0 Å². The first-order chi connectivity index (χ1) is 6.72. The van der Waals surface area contributed by atoms with Crippen LogP contribution in [0.3, 0.4) is 0 Å². The van der Waals surface area contributed by atoms with Crippen LogP contribution in [0.4, 0.5) is 0 Å². The first-order valence-electron chi connectivity index (χ1n) is 4.76. The Morgan fingerprint density at radius 3 is 2.87 bits per heavy atom. The predicted octanol–water partition coefficient (Wildman–Crippen LogP) is 2.04. The molecule has 3 nitrogen and oxygen atoms in total. The molecule has 0 bridgehead atoms. The average molecular weight is 230 g/mol. The highest BCUT2D eigenvalue weighted by Gasteiger charge is 2.23. The van der Waals surface area contributed by atoms with Crippen molar-refractivity contribution in [2.24, 2.45) is 5.73 Å². The molecule has 1 aliphatic heterocycles. The Balaban J connectivity index is 0.00000112. The molecule has 0 aromatic heterocycles. The average Bonchev–Trinajstić information content (AvgIpc) is 2.23. The molecular formula is C11H16ClNO2. The summed E-state index contributed by atoms with van der Waals surface area (Å²) in [6.07, 6.45) is 0.0934. The fraction of sp³-hybridized carbons (Fsp3) is 0.455. The topological polar surface area (TPSA) is 44.5 Å². The van der Waals surface area contributed by atoms with Gasteiger partial charge in [-0.25, -0.2) is 0 Å². The lowest BCUT2D eigenvalue weighted by Gasteiger charge is -2.28. The number of hydrogen-bond donors (Lipinski definition) is 1. The van der Waals surface area contributed by atoms with Gasteiger partial charge in [0.1, 0.15) is 5.75 Å². The third-order valence-corrected chi connectivity index (χ3v) is 2.72. The number of ether oxygens (including phenoxy) is 2. The minimum Gasteiger partial charge on any atom is -0.497 e. The van der Waals surface area contributed by atoms with Gasteiger partial charge in [0, 0.05) is 0 Å². The highest BCUT2D eigenvalue weighted by Crippen LogP contribution is 2.30. The van der Waals surface area contributed by atoms with Crippen LogP contribution in [-0.2, 0) is 11.3 Å². The van der Waals surface area contributed by atoms with Crippen LogP contribution in [0, 0.1) is 0 Å². The lowest BCUT2D eigenvalue weighted by atomic mass is 9.95. The van der Waals surface area contributed by atoms with Crippen molar-refractivity contribution < 1.29 is 9.47 Å². The standard InChI is InChI=1S/C11H15NO2.ClH/c1-7-11(12)10-4-3-9(13-2)5-8(10)6-14-7;/h3-5,7,11H,6,12H2,1-2H3;1H/t7-,11+;/m0./s1. The van der Waals surface area contributed by atoms with Gasteiger partial charge in [0.05, 0.1) is 25.9 Å². The summed E-state index contributed by atoms with van der Waals surface area (Å²) < 4.78 is 10.7. The van der Waals surface area contributed by atoms with Crippen molar-refractivity contribution in [3.63, 3.8) is 0 Å². The van der Waals surface area contributed by atoms with Gasteiger partial charge in [-0.15, -0.1) is 12.4 Å². The smallest absolute Gasteiger partial charge is 0.119 e. The molecule has 4 heteroatoms. The summed E-state index contributed by atoms with van der Waals surface area (Å²) in [6.45, 7) is 2.62. The van der Waals surface area contributed by atoms with Gasteiger partial charge in [-0.2, -0.15) is 0 Å². The lowest BCUT2D eigenvalue weighted by Crippen LogP contribution is -2.31. The summed E-state index contributed by atoms with van der Waals surface area (Å²) in [7, 11) is 1.66. The van der Waals surface area contributed by atoms with Gasteiger partial charge in [0.25, 0.3) is 0 Å². The number of rotatable bonds is 1. The molecule has 0 spiro atoms. The summed E-state index contributed by atoms with van der Waals surface area (Å²) in [6, 6.07) is 5.93. The Labute approximate surface area is 96.0 Å². The van der Waals surface area contributed by atoms with Crippen LogP contribution in [0.25, 0.3) is 0 Å². The van der Waals surface area contributed by atoms with Crippen LogP contribution in [0.2, 0.25) is 0 Å². The van der Waals surface area contributed by atoms with Crippen molar-refractivity contribution in [1.29, 1.82) is 0 Å². The fourth-order valence-electron chi connectivity index (χ4n) is 1.74. The van der Waals surface area contributed by atoms with Crippen molar-refractivity contribution >= 4 is 12.4 Å². The fourth-order valence-corrected chi connectivity index (χ4v) is 1.74. The highest BCUT2D eigenvalue weighted by molar-refractivity contribution is 5.85. The maximum atomic E-state index is 6.02. The summed E-state index contributed by atoms with van der Waals surface area (Å²) >= 11 is 0. The van der Waals surface area contributed by atoms with Crippen molar-refractivity contribution in [2.45, 2.75) is 25.7 Å². The molecule has 1 aromatic carbocycles. The molecule has 0 unspecified atom stereocenters. The van der Waals surface area contributed by atoms with Crippen LogP contribution in [0.1, 0.15) is 24.1 Å². The van der Waals surface area contributed by atoms with Crippen molar-refractivity contribution in [2.75, 3.05) is 7.11 Å². The minimum atomic E-state index is -0.0235. The van der Waals surface area contributed by atoms with Crippen LogP contribution >= 0.6 is 12.4 Å². The molecule has 0 aliphatic carbocycles. The van der Waals surface area contributed by atoms with E-state index in [1.165, 1.54) is 5.56 Å². The molecule has 1 heterocycles. The Kier molecular flexibility index (Phi) is 3.97. The van der Waals surface area contributed by atoms with Crippen LogP contribution in [0.15, 0.2) is 18.2 Å². The summed E-state index contributed by atoms with van der Waals surface area (Å²) in [5.41, 5.74) is 8.32. The number of halogens is 1. The largest absolute Gasteiger partial charge is 0.497 e. The molecule has 0 fully saturated rings. The van der Waals surface area contributed by atoms with Gasteiger partial charge in [-0.1, -0.05) is 6.07 Å². The zero-order chi connectivity index (χ0) is 10.1. The zero-order valence-electron chi connectivity index (χ0n) is 8.90. The lowest BCUT2D eigenvalue weighted by molar-refractivity contribution is 0.0212. The second-order valence-electron chi connectivity index (χ2n) is 3.61. The Morgan fingerprint density at radius 1 is 1.47 bits per heavy atom. The van der Waals surface area contributed by atoms with Crippen molar-refractivity contribution in [3.8, 4) is 5.75 Å². The Morgan fingerprint density at radius 2 is 2.20 bits per heavy atom. The normalized spacial score (nSPS) is 23.9. The summed E-state index contributed by atoms with van der Waals surface area (Å²) in [4.78, 5) is 0. The van der Waals surface area contributed by atoms with Gasteiger partial charge in [0.2, 0.25) is 0 Å². The van der Waals surface area contributed by atoms with E-state index in [9.17, 15) is 0 Å². The second-order valence-corrected chi connectivity index (χ2v) is 3.61. The third-order valence-electron chi connectivity index (χ3n) is 2.72. The molecule has 2 atom stereocenters. The SMILES string of the molecule is COc1ccc2c(c1)CO[C@@H](C)[C@H]2N.Cl. The van der Waals surface area contributed by atoms with Crippen molar-refractivity contribution in [1.82, 2.24) is 0 Å². The molecule has 0 saturated heterocycles. The molecule has 1 aromatic rings. The first kappa shape index (κ1) is 12.3. The van der Waals surface area contributed by atoms with E-state index in [1.807, 2.05) is 25.1 Å². The van der Waals surface area contributed by atoms with Gasteiger partial charge in [0.15, 0.2) is 0 Å². The van der Waals surface area contributed by atoms with Crippen LogP contribution < -0.4 is 10.5 Å². The first-order valence-corrected chi connectivity index (χ1v) is 4.76. The number of methoxy groups -OCH3 is 1. The molecule has 2 N–H and O–H groups in total. The summed E-state index contributed by atoms with van der Waals surface area (Å²) in [5, 5.41) is 0. The highest BCUT2D eigenvalue weighted by atomic mass is 35.5. The maximum absolute atomic E-state index is 6.02. The van der Waals surface area contributed by atoms with Crippen LogP contribution in [-0.4, -0.2) is 13.2 Å². The molecule has 2 rings (SSSR count). The van der Waals surface area contributed by atoms with E-state index >= 15 is 0 Å². The second kappa shape index (κ2) is 4.84. The van der Waals surface area contributed by atoms with Gasteiger partial charge < -0.3 is 15.2 Å². The molecule has 0 saturated carbocycles. The van der Waals surface area contributed by atoms with Gasteiger partial charge in [-0.3, -0.25) is 0 Å². The van der Waals surface area contributed by atoms with E-state index < -0.39 is 0 Å². The monoisotopic (exact) mass is 229 g/mol. The Bertz CT molecular complexity index is 343. The maximum Gasteiger partial charge on any atom is 0.119 e. The third kappa shape index (κ3) is 2.25. The van der Waals surface area contributed by atoms with Crippen LogP contribution in [0.5, 0.6) is 5.75 Å². The number of fused-ring (bicyclic) bond motifs is 1. The van der Waals surface area contributed by atoms with E-state index in [2.05, 4.69) is 0 Å². The molecular weight excluding hydrogens is 214 g/mol. The molecule has 15 heavy (non-hydrogen) atoms. The van der Waals surface area contributed by atoms with E-state index in [0.717, 1.165) is 11.3 Å². The van der Waals surface area contributed by atoms with E-state index in [0.29, 0.717) is 6.61 Å². The van der Waals surface area contributed by atoms with E-state index in [-0.39, 0.29) is 24.6 Å². The number of benzene rings is 1. The van der Waals surface area contributed by atoms with Gasteiger partial charge in [-0.05, 0) is 30.2 Å². The van der Waals surface area contributed by atoms with E-state index in [4.69, 9.17) is 15.2 Å². The predicted molar refractivity (Wildman–Crippen MR) is 61.4 cm³/mol. The molecule has 1 aliphatic rings. The molecule has 0 amide bonds. The molecule has 0 radical (unpaired) electrons. The number of hydrogen-bond acceptors (Lipinski definition) is 3. The van der Waals surface area contributed by atoms with Crippen molar-refractivity contribution in [3.05, 3.63) is 29.3 Å². The Hall–Kier alpha value is -0.770. The zero-order valence-corrected chi connectivity index (χ0v) is 9.71. The van der Waals surface area contributed by atoms with E-state index in [1.54, 1.807) is 7.11 Å². The summed E-state index contributed by atoms with van der Waals surface area (Å²) in [5.74, 6) is 0.856. The number of nitrogens with two attached hydrogens (primary N) is 1. The molecule has 84 valence electrons.